The van der Waals surface area contributed by atoms with Crippen LogP contribution in [0.3, 0.4) is 0 Å². The fourth-order valence-corrected chi connectivity index (χ4v) is 2.10. The summed E-state index contributed by atoms with van der Waals surface area (Å²) in [5.41, 5.74) is 1.03. The molecule has 0 atom stereocenters. The number of aryl methyl sites for hydroxylation is 2. The number of hydrogen-bond donors (Lipinski definition) is 1. The second kappa shape index (κ2) is 5.73. The van der Waals surface area contributed by atoms with E-state index in [-0.39, 0.29) is 5.56 Å². The standard InChI is InChI=1S/C14H17N3O3/c1-3-4-16-9-15-6-11(16)7-17-8-12(14(19)20)13(18)5-10(17)2/h5-6,8-9H,3-4,7H2,1-2H3,(H,19,20). The lowest BCUT2D eigenvalue weighted by Gasteiger charge is -2.13. The van der Waals surface area contributed by atoms with Crippen LogP contribution >= 0.6 is 0 Å². The van der Waals surface area contributed by atoms with Crippen LogP contribution < -0.4 is 5.43 Å². The molecular weight excluding hydrogens is 258 g/mol. The van der Waals surface area contributed by atoms with Crippen LogP contribution in [0.15, 0.2) is 29.6 Å². The van der Waals surface area contributed by atoms with Crippen molar-refractivity contribution in [2.45, 2.75) is 33.4 Å². The summed E-state index contributed by atoms with van der Waals surface area (Å²) in [5.74, 6) is -1.20. The van der Waals surface area contributed by atoms with Gasteiger partial charge in [-0.2, -0.15) is 0 Å². The lowest BCUT2D eigenvalue weighted by Crippen LogP contribution is -2.20. The van der Waals surface area contributed by atoms with Gasteiger partial charge < -0.3 is 14.2 Å². The van der Waals surface area contributed by atoms with E-state index in [0.29, 0.717) is 6.54 Å². The molecule has 6 heteroatoms. The lowest BCUT2D eigenvalue weighted by molar-refractivity contribution is 0.0694. The molecule has 0 amide bonds. The van der Waals surface area contributed by atoms with Gasteiger partial charge in [0.05, 0.1) is 18.6 Å². The van der Waals surface area contributed by atoms with E-state index in [9.17, 15) is 9.59 Å². The number of carbonyl (C=O) groups is 1. The molecule has 0 bridgehead atoms. The molecule has 0 unspecified atom stereocenters. The molecule has 0 aliphatic carbocycles. The maximum Gasteiger partial charge on any atom is 0.341 e. The van der Waals surface area contributed by atoms with Crippen LogP contribution in [-0.4, -0.2) is 25.2 Å². The molecular formula is C14H17N3O3. The molecule has 0 fully saturated rings. The molecule has 0 spiro atoms. The molecule has 6 nitrogen and oxygen atoms in total. The first-order valence-corrected chi connectivity index (χ1v) is 6.46. The second-order valence-electron chi connectivity index (χ2n) is 4.70. The van der Waals surface area contributed by atoms with Gasteiger partial charge in [-0.05, 0) is 13.3 Å². The highest BCUT2D eigenvalue weighted by Crippen LogP contribution is 2.07. The first-order chi connectivity index (χ1) is 9.52. The average molecular weight is 275 g/mol. The second-order valence-corrected chi connectivity index (χ2v) is 4.70. The number of imidazole rings is 1. The van der Waals surface area contributed by atoms with Crippen LogP contribution in [0.4, 0.5) is 0 Å². The van der Waals surface area contributed by atoms with Crippen molar-refractivity contribution < 1.29 is 9.90 Å². The minimum Gasteiger partial charge on any atom is -0.477 e. The molecule has 106 valence electrons. The summed E-state index contributed by atoms with van der Waals surface area (Å²) in [4.78, 5) is 26.7. The molecule has 0 aliphatic rings. The minimum absolute atomic E-state index is 0.211. The summed E-state index contributed by atoms with van der Waals surface area (Å²) in [6.07, 6.45) is 5.90. The number of carboxylic acid groups (broad SMARTS) is 1. The number of aromatic nitrogens is 3. The van der Waals surface area contributed by atoms with E-state index >= 15 is 0 Å². The summed E-state index contributed by atoms with van der Waals surface area (Å²) in [5, 5.41) is 9.02. The zero-order chi connectivity index (χ0) is 14.7. The van der Waals surface area contributed by atoms with Crippen LogP contribution in [0.5, 0.6) is 0 Å². The summed E-state index contributed by atoms with van der Waals surface area (Å²) in [7, 11) is 0. The van der Waals surface area contributed by atoms with Gasteiger partial charge in [0.1, 0.15) is 5.56 Å². The molecule has 0 radical (unpaired) electrons. The largest absolute Gasteiger partial charge is 0.477 e. The van der Waals surface area contributed by atoms with E-state index in [1.165, 1.54) is 12.3 Å². The normalized spacial score (nSPS) is 10.7. The van der Waals surface area contributed by atoms with Crippen molar-refractivity contribution in [1.82, 2.24) is 14.1 Å². The SMILES string of the molecule is CCCn1cncc1Cn1cc(C(=O)O)c(=O)cc1C. The van der Waals surface area contributed by atoms with Gasteiger partial charge in [-0.1, -0.05) is 6.92 Å². The van der Waals surface area contributed by atoms with Crippen LogP contribution in [0.1, 0.15) is 35.1 Å². The van der Waals surface area contributed by atoms with Crippen molar-refractivity contribution in [1.29, 1.82) is 0 Å². The van der Waals surface area contributed by atoms with E-state index < -0.39 is 11.4 Å². The Kier molecular flexibility index (Phi) is 4.02. The number of pyridine rings is 1. The lowest BCUT2D eigenvalue weighted by atomic mass is 10.2. The van der Waals surface area contributed by atoms with E-state index in [1.54, 1.807) is 24.0 Å². The van der Waals surface area contributed by atoms with E-state index in [4.69, 9.17) is 5.11 Å². The molecule has 0 aliphatic heterocycles. The van der Waals surface area contributed by atoms with Gasteiger partial charge in [-0.25, -0.2) is 9.78 Å². The molecule has 1 N–H and O–H groups in total. The number of carboxylic acids is 1. The topological polar surface area (TPSA) is 77.1 Å². The molecule has 2 aromatic heterocycles. The monoisotopic (exact) mass is 275 g/mol. The van der Waals surface area contributed by atoms with Crippen LogP contribution in [0, 0.1) is 6.92 Å². The van der Waals surface area contributed by atoms with Crippen LogP contribution in [0.25, 0.3) is 0 Å². The zero-order valence-electron chi connectivity index (χ0n) is 11.5. The Balaban J connectivity index is 2.38. The summed E-state index contributed by atoms with van der Waals surface area (Å²) in [6.45, 7) is 5.22. The molecule has 0 aromatic carbocycles. The Bertz CT molecular complexity index is 685. The third kappa shape index (κ3) is 2.79. The van der Waals surface area contributed by atoms with E-state index in [0.717, 1.165) is 24.4 Å². The highest BCUT2D eigenvalue weighted by Gasteiger charge is 2.11. The van der Waals surface area contributed by atoms with Gasteiger partial charge in [0.2, 0.25) is 0 Å². The van der Waals surface area contributed by atoms with Gasteiger partial charge in [0.25, 0.3) is 0 Å². The number of rotatable bonds is 5. The van der Waals surface area contributed by atoms with Crippen molar-refractivity contribution in [2.24, 2.45) is 0 Å². The Morgan fingerprint density at radius 3 is 2.80 bits per heavy atom. The highest BCUT2D eigenvalue weighted by molar-refractivity contribution is 5.87. The molecule has 20 heavy (non-hydrogen) atoms. The number of nitrogens with zero attached hydrogens (tertiary/aromatic N) is 3. The molecule has 2 heterocycles. The van der Waals surface area contributed by atoms with Crippen LogP contribution in [-0.2, 0) is 13.1 Å². The number of aromatic carboxylic acids is 1. The highest BCUT2D eigenvalue weighted by atomic mass is 16.4. The molecule has 2 rings (SSSR count). The van der Waals surface area contributed by atoms with Crippen molar-refractivity contribution >= 4 is 5.97 Å². The zero-order valence-corrected chi connectivity index (χ0v) is 11.5. The van der Waals surface area contributed by atoms with Crippen molar-refractivity contribution in [3.05, 3.63) is 52.0 Å². The van der Waals surface area contributed by atoms with E-state index in [2.05, 4.69) is 11.9 Å². The van der Waals surface area contributed by atoms with Gasteiger partial charge in [0.15, 0.2) is 5.43 Å². The van der Waals surface area contributed by atoms with Crippen molar-refractivity contribution in [3.8, 4) is 0 Å². The molecule has 0 saturated carbocycles. The van der Waals surface area contributed by atoms with Crippen LogP contribution in [0.2, 0.25) is 0 Å². The third-order valence-corrected chi connectivity index (χ3v) is 3.17. The fourth-order valence-electron chi connectivity index (χ4n) is 2.10. The van der Waals surface area contributed by atoms with Crippen molar-refractivity contribution in [2.75, 3.05) is 0 Å². The minimum atomic E-state index is -1.20. The Hall–Kier alpha value is -2.37. The molecule has 2 aromatic rings. The quantitative estimate of drug-likeness (QED) is 0.897. The first-order valence-electron chi connectivity index (χ1n) is 6.46. The maximum atomic E-state index is 11.6. The number of hydrogen-bond acceptors (Lipinski definition) is 3. The summed E-state index contributed by atoms with van der Waals surface area (Å²) in [6, 6.07) is 1.35. The Labute approximate surface area is 116 Å². The fraction of sp³-hybridized carbons (Fsp3) is 0.357. The summed E-state index contributed by atoms with van der Waals surface area (Å²) >= 11 is 0. The third-order valence-electron chi connectivity index (χ3n) is 3.17. The van der Waals surface area contributed by atoms with E-state index in [1.807, 2.05) is 4.57 Å². The predicted octanol–water partition coefficient (Wildman–Crippen LogP) is 1.51. The van der Waals surface area contributed by atoms with Gasteiger partial charge in [0, 0.05) is 30.7 Å². The van der Waals surface area contributed by atoms with Crippen molar-refractivity contribution in [3.63, 3.8) is 0 Å². The molecule has 0 saturated heterocycles. The Morgan fingerprint density at radius 2 is 2.15 bits per heavy atom. The Morgan fingerprint density at radius 1 is 1.40 bits per heavy atom. The van der Waals surface area contributed by atoms with Gasteiger partial charge in [-0.15, -0.1) is 0 Å². The average Bonchev–Trinajstić information content (AvgIpc) is 2.80. The summed E-state index contributed by atoms with van der Waals surface area (Å²) < 4.78 is 3.78. The first kappa shape index (κ1) is 14.0. The maximum absolute atomic E-state index is 11.6. The smallest absolute Gasteiger partial charge is 0.341 e. The van der Waals surface area contributed by atoms with Gasteiger partial charge in [-0.3, -0.25) is 4.79 Å². The predicted molar refractivity (Wildman–Crippen MR) is 74.0 cm³/mol. The van der Waals surface area contributed by atoms with Gasteiger partial charge >= 0.3 is 5.97 Å².